The Kier molecular flexibility index (Phi) is 4.22. The second-order valence-electron chi connectivity index (χ2n) is 5.96. The zero-order valence-electron chi connectivity index (χ0n) is 13.3. The molecular weight excluding hydrogens is 340 g/mol. The van der Waals surface area contributed by atoms with Crippen LogP contribution < -0.4 is 4.90 Å². The highest BCUT2D eigenvalue weighted by Gasteiger charge is 2.20. The highest BCUT2D eigenvalue weighted by Crippen LogP contribution is 2.34. The molecule has 24 heavy (non-hydrogen) atoms. The Bertz CT molecular complexity index is 833. The van der Waals surface area contributed by atoms with Crippen molar-refractivity contribution in [1.82, 2.24) is 14.3 Å². The summed E-state index contributed by atoms with van der Waals surface area (Å²) in [5, 5.41) is 1.72. The maximum Gasteiger partial charge on any atom is 0.143 e. The van der Waals surface area contributed by atoms with Crippen LogP contribution in [0.25, 0.3) is 10.6 Å². The summed E-state index contributed by atoms with van der Waals surface area (Å²) < 4.78 is 4.11. The van der Waals surface area contributed by atoms with Crippen LogP contribution in [-0.4, -0.2) is 34.4 Å². The van der Waals surface area contributed by atoms with Gasteiger partial charge in [-0.25, -0.2) is 4.98 Å². The van der Waals surface area contributed by atoms with E-state index in [0.717, 1.165) is 35.2 Å². The SMILES string of the molecule is CN1CCN(c2ccc(Cl)cc2)c2ccc(-c3ncns3)cc2C1. The zero-order chi connectivity index (χ0) is 16.5. The molecule has 0 bridgehead atoms. The Balaban J connectivity index is 1.78. The normalized spacial score (nSPS) is 15.2. The summed E-state index contributed by atoms with van der Waals surface area (Å²) in [5.74, 6) is 0. The molecule has 0 radical (unpaired) electrons. The molecule has 6 heteroatoms. The van der Waals surface area contributed by atoms with Crippen LogP contribution in [0.3, 0.4) is 0 Å². The Labute approximate surface area is 150 Å². The van der Waals surface area contributed by atoms with Crippen molar-refractivity contribution in [2.24, 2.45) is 0 Å². The summed E-state index contributed by atoms with van der Waals surface area (Å²) in [6, 6.07) is 14.6. The van der Waals surface area contributed by atoms with Crippen LogP contribution >= 0.6 is 23.1 Å². The number of hydrogen-bond acceptors (Lipinski definition) is 5. The maximum absolute atomic E-state index is 6.05. The molecule has 4 rings (SSSR count). The van der Waals surface area contributed by atoms with Gasteiger partial charge >= 0.3 is 0 Å². The summed E-state index contributed by atoms with van der Waals surface area (Å²) in [6.45, 7) is 2.88. The molecule has 0 unspecified atom stereocenters. The van der Waals surface area contributed by atoms with E-state index in [0.29, 0.717) is 0 Å². The number of nitrogens with zero attached hydrogens (tertiary/aromatic N) is 4. The van der Waals surface area contributed by atoms with Gasteiger partial charge in [0, 0.05) is 41.6 Å². The van der Waals surface area contributed by atoms with Crippen LogP contribution in [0.2, 0.25) is 5.02 Å². The molecule has 0 fully saturated rings. The van der Waals surface area contributed by atoms with Gasteiger partial charge in [0.25, 0.3) is 0 Å². The zero-order valence-corrected chi connectivity index (χ0v) is 14.9. The minimum absolute atomic E-state index is 0.762. The van der Waals surface area contributed by atoms with Gasteiger partial charge in [-0.15, -0.1) is 0 Å². The molecule has 0 saturated heterocycles. The summed E-state index contributed by atoms with van der Waals surface area (Å²) in [4.78, 5) is 9.04. The van der Waals surface area contributed by atoms with Crippen molar-refractivity contribution in [2.45, 2.75) is 6.54 Å². The highest BCUT2D eigenvalue weighted by atomic mass is 35.5. The largest absolute Gasteiger partial charge is 0.340 e. The summed E-state index contributed by atoms with van der Waals surface area (Å²) in [5.41, 5.74) is 4.84. The number of halogens is 1. The molecule has 1 aromatic heterocycles. The molecule has 0 aliphatic carbocycles. The van der Waals surface area contributed by atoms with Crippen molar-refractivity contribution in [1.29, 1.82) is 0 Å². The molecule has 1 aliphatic heterocycles. The Morgan fingerprint density at radius 1 is 1.08 bits per heavy atom. The molecule has 1 aliphatic rings. The van der Waals surface area contributed by atoms with Gasteiger partial charge in [0.15, 0.2) is 0 Å². The minimum Gasteiger partial charge on any atom is -0.340 e. The van der Waals surface area contributed by atoms with Crippen molar-refractivity contribution in [2.75, 3.05) is 25.0 Å². The van der Waals surface area contributed by atoms with Crippen LogP contribution in [0.5, 0.6) is 0 Å². The van der Waals surface area contributed by atoms with Crippen LogP contribution in [0.1, 0.15) is 5.56 Å². The second-order valence-corrected chi connectivity index (χ2v) is 7.17. The Hall–Kier alpha value is -1.95. The standard InChI is InChI=1S/C18H17ClN4S/c1-22-8-9-23(16-5-3-15(19)4-6-16)17-7-2-13(10-14(17)11-22)18-20-12-21-24-18/h2-7,10,12H,8-9,11H2,1H3. The Morgan fingerprint density at radius 3 is 2.67 bits per heavy atom. The number of aromatic nitrogens is 2. The van der Waals surface area contributed by atoms with E-state index in [1.54, 1.807) is 6.33 Å². The average molecular weight is 357 g/mol. The molecule has 3 aromatic rings. The number of hydrogen-bond donors (Lipinski definition) is 0. The van der Waals surface area contributed by atoms with Gasteiger partial charge in [-0.3, -0.25) is 0 Å². The fraction of sp³-hybridized carbons (Fsp3) is 0.222. The number of anilines is 2. The smallest absolute Gasteiger partial charge is 0.143 e. The van der Waals surface area contributed by atoms with E-state index >= 15 is 0 Å². The lowest BCUT2D eigenvalue weighted by atomic mass is 10.1. The third-order valence-corrected chi connectivity index (χ3v) is 5.23. The lowest BCUT2D eigenvalue weighted by Crippen LogP contribution is -2.26. The van der Waals surface area contributed by atoms with Crippen molar-refractivity contribution in [3.05, 3.63) is 59.4 Å². The first-order chi connectivity index (χ1) is 11.7. The van der Waals surface area contributed by atoms with Gasteiger partial charge in [-0.2, -0.15) is 4.37 Å². The fourth-order valence-corrected chi connectivity index (χ4v) is 3.71. The van der Waals surface area contributed by atoms with E-state index in [2.05, 4.69) is 56.5 Å². The number of fused-ring (bicyclic) bond motifs is 1. The summed E-state index contributed by atoms with van der Waals surface area (Å²) in [7, 11) is 2.16. The molecule has 2 heterocycles. The van der Waals surface area contributed by atoms with E-state index in [1.807, 2.05) is 12.1 Å². The van der Waals surface area contributed by atoms with Crippen LogP contribution in [0.4, 0.5) is 11.4 Å². The maximum atomic E-state index is 6.05. The lowest BCUT2D eigenvalue weighted by Gasteiger charge is -2.25. The molecule has 0 saturated carbocycles. The van der Waals surface area contributed by atoms with E-state index in [1.165, 1.54) is 28.5 Å². The van der Waals surface area contributed by atoms with E-state index in [-0.39, 0.29) is 0 Å². The first kappa shape index (κ1) is 15.6. The monoisotopic (exact) mass is 356 g/mol. The van der Waals surface area contributed by atoms with E-state index in [4.69, 9.17) is 11.6 Å². The first-order valence-corrected chi connectivity index (χ1v) is 8.97. The van der Waals surface area contributed by atoms with E-state index in [9.17, 15) is 0 Å². The predicted molar refractivity (Wildman–Crippen MR) is 100 cm³/mol. The highest BCUT2D eigenvalue weighted by molar-refractivity contribution is 7.09. The average Bonchev–Trinajstić information content (AvgIpc) is 3.06. The third kappa shape index (κ3) is 3.02. The molecule has 4 nitrogen and oxygen atoms in total. The van der Waals surface area contributed by atoms with Gasteiger partial charge in [0.1, 0.15) is 11.3 Å². The molecule has 0 N–H and O–H groups in total. The molecular formula is C18H17ClN4S. The van der Waals surface area contributed by atoms with Gasteiger partial charge in [-0.1, -0.05) is 11.6 Å². The summed E-state index contributed by atoms with van der Waals surface area (Å²) >= 11 is 7.47. The molecule has 122 valence electrons. The van der Waals surface area contributed by atoms with Gasteiger partial charge in [-0.05, 0) is 66.6 Å². The van der Waals surface area contributed by atoms with Crippen molar-refractivity contribution in [3.63, 3.8) is 0 Å². The molecule has 2 aromatic carbocycles. The fourth-order valence-electron chi connectivity index (χ4n) is 3.06. The molecule has 0 atom stereocenters. The lowest BCUT2D eigenvalue weighted by molar-refractivity contribution is 0.343. The minimum atomic E-state index is 0.762. The number of benzene rings is 2. The van der Waals surface area contributed by atoms with Crippen molar-refractivity contribution < 1.29 is 0 Å². The van der Waals surface area contributed by atoms with Gasteiger partial charge in [0.05, 0.1) is 0 Å². The number of rotatable bonds is 2. The van der Waals surface area contributed by atoms with E-state index < -0.39 is 0 Å². The van der Waals surface area contributed by atoms with Crippen LogP contribution in [-0.2, 0) is 6.54 Å². The topological polar surface area (TPSA) is 32.3 Å². The quantitative estimate of drug-likeness (QED) is 0.679. The molecule has 0 spiro atoms. The first-order valence-electron chi connectivity index (χ1n) is 7.82. The van der Waals surface area contributed by atoms with Gasteiger partial charge in [0.2, 0.25) is 0 Å². The third-order valence-electron chi connectivity index (χ3n) is 4.26. The summed E-state index contributed by atoms with van der Waals surface area (Å²) in [6.07, 6.45) is 1.61. The molecule has 0 amide bonds. The number of likely N-dealkylation sites (N-methyl/N-ethyl adjacent to an activating group) is 1. The van der Waals surface area contributed by atoms with Gasteiger partial charge < -0.3 is 9.80 Å². The Morgan fingerprint density at radius 2 is 1.92 bits per heavy atom. The van der Waals surface area contributed by atoms with Crippen molar-refractivity contribution >= 4 is 34.5 Å². The second kappa shape index (κ2) is 6.51. The predicted octanol–water partition coefficient (Wildman–Crippen LogP) is 4.44. The van der Waals surface area contributed by atoms with Crippen LogP contribution in [0.15, 0.2) is 48.8 Å². The van der Waals surface area contributed by atoms with Crippen LogP contribution in [0, 0.1) is 0 Å². The van der Waals surface area contributed by atoms with Crippen molar-refractivity contribution in [3.8, 4) is 10.6 Å².